The number of nitrogens with zero attached hydrogens (tertiary/aromatic N) is 2. The molecule has 1 rings (SSSR count). The number of aryl methyl sites for hydroxylation is 1. The Bertz CT molecular complexity index is 308. The zero-order valence-electron chi connectivity index (χ0n) is 7.07. The maximum atomic E-state index is 9.55. The molecule has 1 heterocycles. The predicted octanol–water partition coefficient (Wildman–Crippen LogP) is 0.626. The van der Waals surface area contributed by atoms with Crippen LogP contribution in [-0.4, -0.2) is 15.1 Å². The van der Waals surface area contributed by atoms with Gasteiger partial charge >= 0.3 is 0 Å². The molecule has 1 unspecified atom stereocenters. The van der Waals surface area contributed by atoms with E-state index in [1.165, 1.54) is 13.1 Å². The van der Waals surface area contributed by atoms with Crippen molar-refractivity contribution in [2.45, 2.75) is 19.4 Å². The zero-order chi connectivity index (χ0) is 9.19. The Hall–Kier alpha value is -1.40. The highest BCUT2D eigenvalue weighted by Crippen LogP contribution is 2.15. The molecule has 0 amide bonds. The quantitative estimate of drug-likeness (QED) is 0.616. The summed E-state index contributed by atoms with van der Waals surface area (Å²) < 4.78 is 0. The first-order chi connectivity index (χ1) is 5.56. The van der Waals surface area contributed by atoms with Crippen molar-refractivity contribution in [3.8, 4) is 12.3 Å². The fraction of sp³-hybridized carbons (Fsp3) is 0.333. The molecule has 1 aromatic heterocycles. The van der Waals surface area contributed by atoms with Crippen LogP contribution < -0.4 is 0 Å². The van der Waals surface area contributed by atoms with Crippen LogP contribution in [0.2, 0.25) is 0 Å². The van der Waals surface area contributed by atoms with E-state index in [9.17, 15) is 5.11 Å². The maximum absolute atomic E-state index is 9.55. The number of hydrogen-bond donors (Lipinski definition) is 1. The summed E-state index contributed by atoms with van der Waals surface area (Å²) in [6.07, 6.45) is 8.16. The van der Waals surface area contributed by atoms with Crippen LogP contribution >= 0.6 is 0 Å². The number of aromatic nitrogens is 2. The summed E-state index contributed by atoms with van der Waals surface area (Å²) in [6, 6.07) is 0. The summed E-state index contributed by atoms with van der Waals surface area (Å²) >= 11 is 0. The summed E-state index contributed by atoms with van der Waals surface area (Å²) in [5.74, 6) is 2.23. The van der Waals surface area contributed by atoms with Gasteiger partial charge in [-0.05, 0) is 13.8 Å². The van der Waals surface area contributed by atoms with Gasteiger partial charge in [-0.3, -0.25) is 9.97 Å². The Morgan fingerprint density at radius 3 is 2.58 bits per heavy atom. The third-order valence-electron chi connectivity index (χ3n) is 1.56. The van der Waals surface area contributed by atoms with Crippen LogP contribution in [0, 0.1) is 19.3 Å². The normalized spacial score (nSPS) is 14.8. The maximum Gasteiger partial charge on any atom is 0.166 e. The highest BCUT2D eigenvalue weighted by Gasteiger charge is 2.21. The Morgan fingerprint density at radius 2 is 2.17 bits per heavy atom. The number of hydrogen-bond acceptors (Lipinski definition) is 3. The van der Waals surface area contributed by atoms with Crippen LogP contribution in [0.25, 0.3) is 0 Å². The molecule has 12 heavy (non-hydrogen) atoms. The van der Waals surface area contributed by atoms with E-state index < -0.39 is 5.60 Å². The van der Waals surface area contributed by atoms with E-state index in [1.54, 1.807) is 6.20 Å². The van der Waals surface area contributed by atoms with Crippen molar-refractivity contribution in [1.82, 2.24) is 9.97 Å². The van der Waals surface area contributed by atoms with E-state index >= 15 is 0 Å². The van der Waals surface area contributed by atoms with Gasteiger partial charge in [-0.15, -0.1) is 6.42 Å². The number of aliphatic hydroxyl groups is 1. The fourth-order valence-corrected chi connectivity index (χ4v) is 0.718. The average molecular weight is 162 g/mol. The van der Waals surface area contributed by atoms with Crippen LogP contribution in [0.1, 0.15) is 18.3 Å². The highest BCUT2D eigenvalue weighted by atomic mass is 16.3. The molecule has 0 spiro atoms. The van der Waals surface area contributed by atoms with Crippen molar-refractivity contribution in [1.29, 1.82) is 0 Å². The largest absolute Gasteiger partial charge is 0.372 e. The van der Waals surface area contributed by atoms with Crippen LogP contribution in [0.3, 0.4) is 0 Å². The molecule has 0 saturated heterocycles. The van der Waals surface area contributed by atoms with Gasteiger partial charge in [0.25, 0.3) is 0 Å². The van der Waals surface area contributed by atoms with Crippen LogP contribution in [0.5, 0.6) is 0 Å². The van der Waals surface area contributed by atoms with Gasteiger partial charge in [0, 0.05) is 6.20 Å². The molecule has 1 atom stereocenters. The lowest BCUT2D eigenvalue weighted by Gasteiger charge is -2.14. The molecule has 0 fully saturated rings. The second-order valence-electron chi connectivity index (χ2n) is 2.76. The molecule has 1 aromatic rings. The minimum atomic E-state index is -1.32. The minimum Gasteiger partial charge on any atom is -0.372 e. The summed E-state index contributed by atoms with van der Waals surface area (Å²) in [6.45, 7) is 3.33. The summed E-state index contributed by atoms with van der Waals surface area (Å²) in [4.78, 5) is 7.94. The van der Waals surface area contributed by atoms with E-state index in [2.05, 4.69) is 15.9 Å². The van der Waals surface area contributed by atoms with E-state index in [0.29, 0.717) is 5.69 Å². The van der Waals surface area contributed by atoms with Gasteiger partial charge in [0.15, 0.2) is 5.60 Å². The molecule has 0 radical (unpaired) electrons. The highest BCUT2D eigenvalue weighted by molar-refractivity contribution is 5.20. The lowest BCUT2D eigenvalue weighted by molar-refractivity contribution is 0.117. The van der Waals surface area contributed by atoms with E-state index in [1.807, 2.05) is 6.92 Å². The molecule has 3 heteroatoms. The summed E-state index contributed by atoms with van der Waals surface area (Å²) in [5, 5.41) is 9.55. The lowest BCUT2D eigenvalue weighted by Crippen LogP contribution is -2.20. The standard InChI is InChI=1S/C9H10N2O/c1-4-9(3,12)8-6-10-7(2)5-11-8/h1,5-6,12H,2-3H3. The van der Waals surface area contributed by atoms with E-state index in [0.717, 1.165) is 5.69 Å². The van der Waals surface area contributed by atoms with E-state index in [-0.39, 0.29) is 0 Å². The number of rotatable bonds is 1. The van der Waals surface area contributed by atoms with Gasteiger partial charge in [0.2, 0.25) is 0 Å². The molecular weight excluding hydrogens is 152 g/mol. The van der Waals surface area contributed by atoms with Crippen molar-refractivity contribution < 1.29 is 5.11 Å². The second-order valence-corrected chi connectivity index (χ2v) is 2.76. The first-order valence-electron chi connectivity index (χ1n) is 3.55. The Kier molecular flexibility index (Phi) is 2.11. The average Bonchev–Trinajstić information content (AvgIpc) is 2.05. The Labute approximate surface area is 71.5 Å². The second kappa shape index (κ2) is 2.92. The SMILES string of the molecule is C#CC(C)(O)c1cnc(C)cn1. The van der Waals surface area contributed by atoms with Gasteiger partial charge in [-0.2, -0.15) is 0 Å². The zero-order valence-corrected chi connectivity index (χ0v) is 7.07. The molecule has 0 aliphatic carbocycles. The fourth-order valence-electron chi connectivity index (χ4n) is 0.718. The smallest absolute Gasteiger partial charge is 0.166 e. The van der Waals surface area contributed by atoms with Gasteiger partial charge in [0.1, 0.15) is 5.69 Å². The van der Waals surface area contributed by atoms with Crippen LogP contribution in [-0.2, 0) is 5.60 Å². The molecule has 0 aliphatic heterocycles. The molecule has 3 nitrogen and oxygen atoms in total. The molecular formula is C9H10N2O. The van der Waals surface area contributed by atoms with Gasteiger partial charge in [-0.25, -0.2) is 0 Å². The van der Waals surface area contributed by atoms with Crippen molar-refractivity contribution in [2.24, 2.45) is 0 Å². The minimum absolute atomic E-state index is 0.399. The Balaban J connectivity index is 3.07. The first-order valence-corrected chi connectivity index (χ1v) is 3.55. The van der Waals surface area contributed by atoms with Crippen molar-refractivity contribution in [3.05, 3.63) is 23.8 Å². The topological polar surface area (TPSA) is 46.0 Å². The third-order valence-corrected chi connectivity index (χ3v) is 1.56. The monoisotopic (exact) mass is 162 g/mol. The predicted molar refractivity (Wildman–Crippen MR) is 45.2 cm³/mol. The molecule has 0 saturated carbocycles. The molecule has 0 bridgehead atoms. The summed E-state index contributed by atoms with van der Waals surface area (Å²) in [5.41, 5.74) is -0.122. The third kappa shape index (κ3) is 1.60. The van der Waals surface area contributed by atoms with E-state index in [4.69, 9.17) is 6.42 Å². The van der Waals surface area contributed by atoms with Crippen molar-refractivity contribution in [2.75, 3.05) is 0 Å². The molecule has 1 N–H and O–H groups in total. The molecule has 0 aliphatic rings. The number of terminal acetylenes is 1. The van der Waals surface area contributed by atoms with Gasteiger partial charge in [-0.1, -0.05) is 5.92 Å². The van der Waals surface area contributed by atoms with Crippen LogP contribution in [0.15, 0.2) is 12.4 Å². The summed E-state index contributed by atoms with van der Waals surface area (Å²) in [7, 11) is 0. The van der Waals surface area contributed by atoms with Gasteiger partial charge in [0.05, 0.1) is 11.9 Å². The molecule has 0 aromatic carbocycles. The first kappa shape index (κ1) is 8.69. The van der Waals surface area contributed by atoms with Crippen molar-refractivity contribution in [3.63, 3.8) is 0 Å². The molecule has 62 valence electrons. The van der Waals surface area contributed by atoms with Crippen molar-refractivity contribution >= 4 is 0 Å². The van der Waals surface area contributed by atoms with Gasteiger partial charge < -0.3 is 5.11 Å². The Morgan fingerprint density at radius 1 is 1.50 bits per heavy atom. The van der Waals surface area contributed by atoms with Crippen LogP contribution in [0.4, 0.5) is 0 Å². The lowest BCUT2D eigenvalue weighted by atomic mass is 10.1.